The number of piperidine rings is 2. The summed E-state index contributed by atoms with van der Waals surface area (Å²) in [6, 6.07) is 7.32. The van der Waals surface area contributed by atoms with Crippen molar-refractivity contribution < 1.29 is 9.63 Å². The molecule has 0 saturated carbocycles. The fourth-order valence-electron chi connectivity index (χ4n) is 6.24. The van der Waals surface area contributed by atoms with Gasteiger partial charge >= 0.3 is 0 Å². The van der Waals surface area contributed by atoms with E-state index < -0.39 is 5.41 Å². The van der Waals surface area contributed by atoms with E-state index in [9.17, 15) is 4.79 Å². The first-order valence-electron chi connectivity index (χ1n) is 13.2. The monoisotopic (exact) mass is 493 g/mol. The van der Waals surface area contributed by atoms with Gasteiger partial charge in [-0.2, -0.15) is 0 Å². The van der Waals surface area contributed by atoms with Crippen LogP contribution in [0.4, 0.5) is 5.82 Å². The Labute approximate surface area is 212 Å². The van der Waals surface area contributed by atoms with Crippen molar-refractivity contribution >= 4 is 33.5 Å². The molecule has 0 spiro atoms. The first kappa shape index (κ1) is 24.8. The highest BCUT2D eigenvalue weighted by atomic mass is 16.7. The summed E-state index contributed by atoms with van der Waals surface area (Å²) in [6.45, 7) is 10.2. The number of hydrogen-bond donors (Lipinski definition) is 4. The molecule has 1 amide bonds. The predicted octanol–water partition coefficient (Wildman–Crippen LogP) is 3.54. The Kier molecular flexibility index (Phi) is 6.80. The minimum atomic E-state index is -0.540. The van der Waals surface area contributed by atoms with E-state index in [4.69, 9.17) is 21.4 Å². The molecule has 2 fully saturated rings. The summed E-state index contributed by atoms with van der Waals surface area (Å²) >= 11 is 0. The minimum Gasteiger partial charge on any atom is -0.390 e. The van der Waals surface area contributed by atoms with E-state index in [2.05, 4.69) is 52.4 Å². The number of rotatable bonds is 7. The van der Waals surface area contributed by atoms with Gasteiger partial charge < -0.3 is 25.4 Å². The fraction of sp³-hybridized carbons (Fsp3) is 0.556. The molecule has 36 heavy (non-hydrogen) atoms. The zero-order valence-corrected chi connectivity index (χ0v) is 21.6. The lowest BCUT2D eigenvalue weighted by atomic mass is 9.77. The zero-order valence-electron chi connectivity index (χ0n) is 21.6. The van der Waals surface area contributed by atoms with Crippen LogP contribution < -0.4 is 26.9 Å². The molecule has 0 radical (unpaired) electrons. The van der Waals surface area contributed by atoms with E-state index in [0.717, 1.165) is 72.9 Å². The molecule has 1 aromatic carbocycles. The Morgan fingerprint density at radius 3 is 2.75 bits per heavy atom. The van der Waals surface area contributed by atoms with Crippen molar-refractivity contribution in [1.29, 1.82) is 0 Å². The second kappa shape index (κ2) is 9.88. The van der Waals surface area contributed by atoms with Crippen molar-refractivity contribution in [1.82, 2.24) is 20.5 Å². The normalized spacial score (nSPS) is 22.1. The number of carbonyl (C=O) groups is 1. The van der Waals surface area contributed by atoms with Gasteiger partial charge in [-0.05, 0) is 82.7 Å². The van der Waals surface area contributed by atoms with Crippen molar-refractivity contribution in [3.8, 4) is 5.75 Å². The van der Waals surface area contributed by atoms with Crippen LogP contribution in [0.1, 0.15) is 64.4 Å². The molecule has 194 valence electrons. The van der Waals surface area contributed by atoms with Crippen molar-refractivity contribution in [2.45, 2.75) is 64.8 Å². The summed E-state index contributed by atoms with van der Waals surface area (Å²) < 4.78 is 0. The Bertz CT molecular complexity index is 1250. The molecule has 9 heteroatoms. The number of carbonyl (C=O) groups excluding carboxylic acids is 1. The fourth-order valence-corrected chi connectivity index (χ4v) is 6.24. The summed E-state index contributed by atoms with van der Waals surface area (Å²) in [5.41, 5.74) is 10.9. The maximum Gasteiger partial charge on any atom is 0.225 e. The van der Waals surface area contributed by atoms with Gasteiger partial charge in [0.05, 0.1) is 22.5 Å². The topological polar surface area (TPSA) is 126 Å². The van der Waals surface area contributed by atoms with Crippen molar-refractivity contribution in [2.24, 2.45) is 17.0 Å². The van der Waals surface area contributed by atoms with Crippen LogP contribution in [-0.2, 0) is 4.79 Å². The van der Waals surface area contributed by atoms with E-state index in [-0.39, 0.29) is 5.91 Å². The third kappa shape index (κ3) is 4.29. The maximum atomic E-state index is 12.5. The van der Waals surface area contributed by atoms with Gasteiger partial charge in [0.25, 0.3) is 0 Å². The zero-order chi connectivity index (χ0) is 25.4. The third-order valence-corrected chi connectivity index (χ3v) is 8.57. The molecule has 9 nitrogen and oxygen atoms in total. The SMILES string of the molecule is CCC1(C(N)=O)CCCN(c2ncc(ONN)c3[nH]c4ccc(C5CCN(C(C)C)CC5)cc4c23)C1. The van der Waals surface area contributed by atoms with E-state index in [0.29, 0.717) is 30.7 Å². The van der Waals surface area contributed by atoms with E-state index >= 15 is 0 Å². The molecular weight excluding hydrogens is 454 g/mol. The number of aromatic nitrogens is 2. The Hall–Kier alpha value is -2.88. The molecule has 6 N–H and O–H groups in total. The lowest BCUT2D eigenvalue weighted by Crippen LogP contribution is -2.50. The Morgan fingerprint density at radius 2 is 2.08 bits per heavy atom. The number of anilines is 1. The van der Waals surface area contributed by atoms with Crippen LogP contribution >= 0.6 is 0 Å². The van der Waals surface area contributed by atoms with Gasteiger partial charge in [0.2, 0.25) is 5.91 Å². The quantitative estimate of drug-likeness (QED) is 0.293. The molecule has 4 heterocycles. The lowest BCUT2D eigenvalue weighted by molar-refractivity contribution is -0.128. The molecule has 1 atom stereocenters. The number of likely N-dealkylation sites (tertiary alicyclic amines) is 1. The largest absolute Gasteiger partial charge is 0.390 e. The molecule has 2 aromatic heterocycles. The first-order valence-corrected chi connectivity index (χ1v) is 13.2. The van der Waals surface area contributed by atoms with Crippen molar-refractivity contribution in [2.75, 3.05) is 31.1 Å². The molecule has 5 rings (SSSR count). The van der Waals surface area contributed by atoms with Gasteiger partial charge in [0, 0.05) is 30.0 Å². The molecule has 1 unspecified atom stereocenters. The number of nitrogens with zero attached hydrogens (tertiary/aromatic N) is 3. The molecular formula is C27H39N7O2. The van der Waals surface area contributed by atoms with Gasteiger partial charge in [-0.15, -0.1) is 0 Å². The van der Waals surface area contributed by atoms with Gasteiger partial charge in [-0.1, -0.05) is 18.6 Å². The molecule has 3 aromatic rings. The van der Waals surface area contributed by atoms with E-state index in [1.165, 1.54) is 5.56 Å². The lowest BCUT2D eigenvalue weighted by Gasteiger charge is -2.41. The number of aromatic amines is 1. The number of hydrazine groups is 1. The van der Waals surface area contributed by atoms with Crippen LogP contribution in [0.15, 0.2) is 24.4 Å². The number of nitrogens with one attached hydrogen (secondary N) is 2. The second-order valence-electron chi connectivity index (χ2n) is 10.8. The number of amides is 1. The summed E-state index contributed by atoms with van der Waals surface area (Å²) in [4.78, 5) is 31.1. The number of fused-ring (bicyclic) bond motifs is 3. The average Bonchev–Trinajstić information content (AvgIpc) is 3.28. The molecule has 0 aliphatic carbocycles. The highest BCUT2D eigenvalue weighted by molar-refractivity contribution is 6.14. The van der Waals surface area contributed by atoms with Gasteiger partial charge in [0.15, 0.2) is 5.75 Å². The first-order chi connectivity index (χ1) is 17.4. The Morgan fingerprint density at radius 1 is 1.31 bits per heavy atom. The van der Waals surface area contributed by atoms with Crippen LogP contribution in [0.5, 0.6) is 5.75 Å². The predicted molar refractivity (Wildman–Crippen MR) is 144 cm³/mol. The number of primary amides is 1. The summed E-state index contributed by atoms with van der Waals surface area (Å²) in [5, 5.41) is 2.11. The van der Waals surface area contributed by atoms with E-state index in [1.807, 2.05) is 6.92 Å². The van der Waals surface area contributed by atoms with Gasteiger partial charge in [-0.25, -0.2) is 10.8 Å². The number of pyridine rings is 1. The summed E-state index contributed by atoms with van der Waals surface area (Å²) in [6.07, 6.45) is 6.42. The second-order valence-corrected chi connectivity index (χ2v) is 10.8. The van der Waals surface area contributed by atoms with Gasteiger partial charge in [-0.3, -0.25) is 4.79 Å². The highest BCUT2D eigenvalue weighted by Crippen LogP contribution is 2.42. The number of H-pyrrole nitrogens is 1. The van der Waals surface area contributed by atoms with Crippen LogP contribution in [0.2, 0.25) is 0 Å². The third-order valence-electron chi connectivity index (χ3n) is 8.57. The molecule has 2 aliphatic heterocycles. The maximum absolute atomic E-state index is 12.5. The molecule has 0 bridgehead atoms. The average molecular weight is 494 g/mol. The van der Waals surface area contributed by atoms with Crippen molar-refractivity contribution in [3.05, 3.63) is 30.0 Å². The van der Waals surface area contributed by atoms with Crippen molar-refractivity contribution in [3.63, 3.8) is 0 Å². The van der Waals surface area contributed by atoms with E-state index in [1.54, 1.807) is 6.20 Å². The molecule has 2 saturated heterocycles. The standard InChI is InChI=1S/C27H39N7O2/c1-4-27(26(28)35)10-5-11-34(16-27)25-23-20-14-19(18-8-12-33(13-9-18)17(2)3)6-7-21(20)31-24(23)22(15-30-25)36-32-29/h6-7,14-15,17-18,31-32H,4-5,8-13,16,29H2,1-3H3,(H2,28,35). The molecule has 2 aliphatic rings. The Balaban J connectivity index is 1.59. The van der Waals surface area contributed by atoms with Crippen LogP contribution in [0.3, 0.4) is 0 Å². The van der Waals surface area contributed by atoms with Crippen LogP contribution in [0, 0.1) is 5.41 Å². The van der Waals surface area contributed by atoms with Crippen LogP contribution in [0.25, 0.3) is 21.8 Å². The minimum absolute atomic E-state index is 0.229. The summed E-state index contributed by atoms with van der Waals surface area (Å²) in [5.74, 6) is 7.18. The number of hydrogen-bond acceptors (Lipinski definition) is 7. The van der Waals surface area contributed by atoms with Crippen LogP contribution in [-0.4, -0.2) is 53.0 Å². The summed E-state index contributed by atoms with van der Waals surface area (Å²) in [7, 11) is 0. The number of benzene rings is 1. The highest BCUT2D eigenvalue weighted by Gasteiger charge is 2.40. The smallest absolute Gasteiger partial charge is 0.225 e. The number of nitrogens with two attached hydrogens (primary N) is 2. The van der Waals surface area contributed by atoms with Gasteiger partial charge in [0.1, 0.15) is 5.82 Å².